The predicted molar refractivity (Wildman–Crippen MR) is 91.1 cm³/mol. The molecule has 126 valence electrons. The van der Waals surface area contributed by atoms with Crippen molar-refractivity contribution in [3.8, 4) is 0 Å². The molecule has 1 atom stereocenters. The van der Waals surface area contributed by atoms with Crippen molar-refractivity contribution in [3.63, 3.8) is 0 Å². The highest BCUT2D eigenvalue weighted by atomic mass is 16.5. The van der Waals surface area contributed by atoms with Gasteiger partial charge in [0, 0.05) is 32.8 Å². The Balaban J connectivity index is 1.58. The molecule has 1 amide bonds. The van der Waals surface area contributed by atoms with Crippen molar-refractivity contribution in [2.75, 3.05) is 27.2 Å². The first-order valence-electron chi connectivity index (χ1n) is 8.73. The van der Waals surface area contributed by atoms with Crippen molar-refractivity contribution in [3.05, 3.63) is 35.9 Å². The van der Waals surface area contributed by atoms with Crippen LogP contribution in [0.1, 0.15) is 37.7 Å². The normalized spacial score (nSPS) is 23.6. The number of likely N-dealkylation sites (N-methyl/N-ethyl adjacent to an activating group) is 1. The van der Waals surface area contributed by atoms with Crippen LogP contribution in [0.2, 0.25) is 0 Å². The van der Waals surface area contributed by atoms with Gasteiger partial charge >= 0.3 is 0 Å². The Kier molecular flexibility index (Phi) is 5.02. The minimum atomic E-state index is -0.535. The Morgan fingerprint density at radius 1 is 1.30 bits per heavy atom. The maximum absolute atomic E-state index is 12.9. The third kappa shape index (κ3) is 3.43. The van der Waals surface area contributed by atoms with Crippen molar-refractivity contribution < 1.29 is 9.53 Å². The molecule has 1 aliphatic heterocycles. The summed E-state index contributed by atoms with van der Waals surface area (Å²) in [4.78, 5) is 17.3. The minimum absolute atomic E-state index is 0.216. The topological polar surface area (TPSA) is 32.8 Å². The smallest absolute Gasteiger partial charge is 0.254 e. The Bertz CT molecular complexity index is 525. The van der Waals surface area contributed by atoms with Crippen LogP contribution in [0.3, 0.4) is 0 Å². The SMILES string of the molecule is COC1(C(=O)N2CCC(N(C)Cc3ccccc3)C2)CCCC1. The van der Waals surface area contributed by atoms with Crippen molar-refractivity contribution >= 4 is 5.91 Å². The van der Waals surface area contributed by atoms with Crippen molar-refractivity contribution in [1.29, 1.82) is 0 Å². The molecule has 1 aromatic carbocycles. The fraction of sp³-hybridized carbons (Fsp3) is 0.632. The number of ether oxygens (including phenoxy) is 1. The van der Waals surface area contributed by atoms with E-state index in [9.17, 15) is 4.79 Å². The molecular weight excluding hydrogens is 288 g/mol. The van der Waals surface area contributed by atoms with Gasteiger partial charge in [0.1, 0.15) is 5.60 Å². The van der Waals surface area contributed by atoms with Gasteiger partial charge in [-0.2, -0.15) is 0 Å². The molecule has 0 N–H and O–H groups in total. The summed E-state index contributed by atoms with van der Waals surface area (Å²) in [6, 6.07) is 11.0. The number of rotatable bonds is 5. The van der Waals surface area contributed by atoms with Crippen molar-refractivity contribution in [2.24, 2.45) is 0 Å². The largest absolute Gasteiger partial charge is 0.368 e. The lowest BCUT2D eigenvalue weighted by atomic mass is 10.0. The Morgan fingerprint density at radius 2 is 2.00 bits per heavy atom. The Hall–Kier alpha value is -1.39. The zero-order chi connectivity index (χ0) is 16.3. The van der Waals surface area contributed by atoms with E-state index in [2.05, 4.69) is 36.2 Å². The molecule has 0 spiro atoms. The minimum Gasteiger partial charge on any atom is -0.368 e. The second kappa shape index (κ2) is 7.02. The average Bonchev–Trinajstić information content (AvgIpc) is 3.25. The first-order valence-corrected chi connectivity index (χ1v) is 8.73. The van der Waals surface area contributed by atoms with Crippen LogP contribution in [0.4, 0.5) is 0 Å². The summed E-state index contributed by atoms with van der Waals surface area (Å²) in [7, 11) is 3.85. The fourth-order valence-corrected chi connectivity index (χ4v) is 4.03. The van der Waals surface area contributed by atoms with E-state index in [-0.39, 0.29) is 5.91 Å². The van der Waals surface area contributed by atoms with Gasteiger partial charge < -0.3 is 9.64 Å². The van der Waals surface area contributed by atoms with Crippen LogP contribution in [0.15, 0.2) is 30.3 Å². The molecule has 1 saturated carbocycles. The number of methoxy groups -OCH3 is 1. The summed E-state index contributed by atoms with van der Waals surface area (Å²) in [5.74, 6) is 0.216. The van der Waals surface area contributed by atoms with E-state index < -0.39 is 5.60 Å². The fourth-order valence-electron chi connectivity index (χ4n) is 4.03. The second-order valence-corrected chi connectivity index (χ2v) is 7.00. The van der Waals surface area contributed by atoms with E-state index in [0.717, 1.165) is 51.7 Å². The molecule has 4 nitrogen and oxygen atoms in total. The van der Waals surface area contributed by atoms with Crippen LogP contribution < -0.4 is 0 Å². The van der Waals surface area contributed by atoms with Gasteiger partial charge in [0.15, 0.2) is 0 Å². The summed E-state index contributed by atoms with van der Waals surface area (Å²) in [5.41, 5.74) is 0.788. The monoisotopic (exact) mass is 316 g/mol. The molecule has 2 fully saturated rings. The molecule has 0 radical (unpaired) electrons. The number of carbonyl (C=O) groups excluding carboxylic acids is 1. The lowest BCUT2D eigenvalue weighted by Crippen LogP contribution is -2.48. The summed E-state index contributed by atoms with van der Waals surface area (Å²) >= 11 is 0. The number of hydrogen-bond donors (Lipinski definition) is 0. The second-order valence-electron chi connectivity index (χ2n) is 7.00. The number of amides is 1. The number of likely N-dealkylation sites (tertiary alicyclic amines) is 1. The zero-order valence-electron chi connectivity index (χ0n) is 14.3. The maximum Gasteiger partial charge on any atom is 0.254 e. The molecule has 23 heavy (non-hydrogen) atoms. The molecule has 3 rings (SSSR count). The Morgan fingerprint density at radius 3 is 2.65 bits per heavy atom. The van der Waals surface area contributed by atoms with Crippen LogP contribution in [0.25, 0.3) is 0 Å². The highest BCUT2D eigenvalue weighted by molar-refractivity contribution is 5.86. The third-order valence-electron chi connectivity index (χ3n) is 5.54. The van der Waals surface area contributed by atoms with Gasteiger partial charge in [0.2, 0.25) is 0 Å². The molecule has 0 bridgehead atoms. The van der Waals surface area contributed by atoms with Crippen molar-refractivity contribution in [2.45, 2.75) is 50.3 Å². The van der Waals surface area contributed by atoms with E-state index in [1.54, 1.807) is 7.11 Å². The Labute approximate surface area is 139 Å². The van der Waals surface area contributed by atoms with Crippen LogP contribution in [-0.4, -0.2) is 54.6 Å². The van der Waals surface area contributed by atoms with E-state index in [1.807, 2.05) is 11.0 Å². The van der Waals surface area contributed by atoms with Gasteiger partial charge in [-0.3, -0.25) is 9.69 Å². The molecule has 1 unspecified atom stereocenters. The quantitative estimate of drug-likeness (QED) is 0.837. The van der Waals surface area contributed by atoms with Crippen LogP contribution >= 0.6 is 0 Å². The van der Waals surface area contributed by atoms with Crippen LogP contribution in [-0.2, 0) is 16.1 Å². The van der Waals surface area contributed by atoms with Gasteiger partial charge in [0.25, 0.3) is 5.91 Å². The molecule has 1 saturated heterocycles. The number of hydrogen-bond acceptors (Lipinski definition) is 3. The third-order valence-corrected chi connectivity index (χ3v) is 5.54. The molecular formula is C19H28N2O2. The van der Waals surface area contributed by atoms with E-state index in [1.165, 1.54) is 5.56 Å². The van der Waals surface area contributed by atoms with E-state index >= 15 is 0 Å². The summed E-state index contributed by atoms with van der Waals surface area (Å²) in [6.45, 7) is 2.62. The van der Waals surface area contributed by atoms with Gasteiger partial charge in [-0.05, 0) is 44.7 Å². The number of benzene rings is 1. The van der Waals surface area contributed by atoms with Gasteiger partial charge in [0.05, 0.1) is 0 Å². The highest BCUT2D eigenvalue weighted by Gasteiger charge is 2.45. The van der Waals surface area contributed by atoms with E-state index in [0.29, 0.717) is 6.04 Å². The lowest BCUT2D eigenvalue weighted by Gasteiger charge is -2.31. The highest BCUT2D eigenvalue weighted by Crippen LogP contribution is 2.35. The van der Waals surface area contributed by atoms with Gasteiger partial charge in [-0.25, -0.2) is 0 Å². The predicted octanol–water partition coefficient (Wildman–Crippen LogP) is 2.68. The first kappa shape index (κ1) is 16.5. The number of carbonyl (C=O) groups is 1. The van der Waals surface area contributed by atoms with Crippen LogP contribution in [0.5, 0.6) is 0 Å². The molecule has 0 aromatic heterocycles. The summed E-state index contributed by atoms with van der Waals surface area (Å²) in [5, 5.41) is 0. The molecule has 4 heteroatoms. The summed E-state index contributed by atoms with van der Waals surface area (Å²) < 4.78 is 5.66. The molecule has 1 aliphatic carbocycles. The molecule has 2 aliphatic rings. The molecule has 1 heterocycles. The first-order chi connectivity index (χ1) is 11.1. The maximum atomic E-state index is 12.9. The van der Waals surface area contributed by atoms with Gasteiger partial charge in [-0.1, -0.05) is 30.3 Å². The summed E-state index contributed by atoms with van der Waals surface area (Å²) in [6.07, 6.45) is 5.01. The van der Waals surface area contributed by atoms with Crippen molar-refractivity contribution in [1.82, 2.24) is 9.80 Å². The van der Waals surface area contributed by atoms with E-state index in [4.69, 9.17) is 4.74 Å². The standard InChI is InChI=1S/C19H28N2O2/c1-20(14-16-8-4-3-5-9-16)17-10-13-21(15-17)18(22)19(23-2)11-6-7-12-19/h3-5,8-9,17H,6-7,10-15H2,1-2H3. The lowest BCUT2D eigenvalue weighted by molar-refractivity contribution is -0.153. The van der Waals surface area contributed by atoms with Gasteiger partial charge in [-0.15, -0.1) is 0 Å². The zero-order valence-corrected chi connectivity index (χ0v) is 14.3. The molecule has 1 aromatic rings. The van der Waals surface area contributed by atoms with Crippen LogP contribution in [0, 0.1) is 0 Å². The average molecular weight is 316 g/mol. The number of nitrogens with zero attached hydrogens (tertiary/aromatic N) is 2.